The van der Waals surface area contributed by atoms with Crippen LogP contribution in [0.25, 0.3) is 0 Å². The van der Waals surface area contributed by atoms with E-state index in [1.165, 1.54) is 6.07 Å². The molecule has 0 aliphatic carbocycles. The second-order valence-corrected chi connectivity index (χ2v) is 4.32. The lowest BCUT2D eigenvalue weighted by Crippen LogP contribution is -2.00. The van der Waals surface area contributed by atoms with Gasteiger partial charge in [-0.25, -0.2) is 0 Å². The molecular formula is C10H10N4O2S. The number of nitrogens with one attached hydrogen (secondary N) is 1. The van der Waals surface area contributed by atoms with E-state index >= 15 is 0 Å². The first-order valence-electron chi connectivity index (χ1n) is 4.82. The summed E-state index contributed by atoms with van der Waals surface area (Å²) in [7, 11) is 0. The summed E-state index contributed by atoms with van der Waals surface area (Å²) in [4.78, 5) is 15.1. The molecule has 0 fully saturated rings. The first-order valence-corrected chi connectivity index (χ1v) is 5.70. The van der Waals surface area contributed by atoms with Crippen LogP contribution in [0.15, 0.2) is 29.9 Å². The topological polar surface area (TPSA) is 94.1 Å². The monoisotopic (exact) mass is 250 g/mol. The van der Waals surface area contributed by atoms with E-state index in [2.05, 4.69) is 10.3 Å². The number of rotatable bonds is 4. The van der Waals surface area contributed by atoms with Gasteiger partial charge in [-0.05, 0) is 12.1 Å². The molecule has 0 aliphatic heterocycles. The highest BCUT2D eigenvalue weighted by Gasteiger charge is 2.10. The molecule has 0 radical (unpaired) electrons. The molecule has 88 valence electrons. The summed E-state index contributed by atoms with van der Waals surface area (Å²) in [5.74, 6) is 0. The summed E-state index contributed by atoms with van der Waals surface area (Å²) in [6.07, 6.45) is 1.77. The SMILES string of the molecule is Nc1cc(NCc2cncs2)ccc1[N+](=O)[O-]. The average molecular weight is 250 g/mol. The molecule has 3 N–H and O–H groups in total. The average Bonchev–Trinajstić information content (AvgIpc) is 2.78. The Morgan fingerprint density at radius 1 is 1.53 bits per heavy atom. The van der Waals surface area contributed by atoms with Crippen LogP contribution >= 0.6 is 11.3 Å². The minimum Gasteiger partial charge on any atom is -0.393 e. The normalized spacial score (nSPS) is 10.1. The number of nitrogens with two attached hydrogens (primary N) is 1. The van der Waals surface area contributed by atoms with Gasteiger partial charge in [0.25, 0.3) is 5.69 Å². The van der Waals surface area contributed by atoms with E-state index in [0.29, 0.717) is 6.54 Å². The third kappa shape index (κ3) is 2.70. The molecule has 0 spiro atoms. The van der Waals surface area contributed by atoms with E-state index in [9.17, 15) is 10.1 Å². The second-order valence-electron chi connectivity index (χ2n) is 3.35. The molecule has 0 amide bonds. The van der Waals surface area contributed by atoms with Crippen molar-refractivity contribution in [2.75, 3.05) is 11.1 Å². The number of hydrogen-bond donors (Lipinski definition) is 2. The van der Waals surface area contributed by atoms with Gasteiger partial charge < -0.3 is 11.1 Å². The third-order valence-corrected chi connectivity index (χ3v) is 2.95. The molecule has 0 atom stereocenters. The van der Waals surface area contributed by atoms with Crippen molar-refractivity contribution in [1.29, 1.82) is 0 Å². The van der Waals surface area contributed by atoms with Crippen LogP contribution in [0, 0.1) is 10.1 Å². The van der Waals surface area contributed by atoms with Gasteiger partial charge in [-0.2, -0.15) is 0 Å². The summed E-state index contributed by atoms with van der Waals surface area (Å²) < 4.78 is 0. The van der Waals surface area contributed by atoms with Gasteiger partial charge in [0, 0.05) is 22.8 Å². The Kier molecular flexibility index (Phi) is 3.20. The molecule has 2 rings (SSSR count). The van der Waals surface area contributed by atoms with Crippen molar-refractivity contribution in [2.45, 2.75) is 6.54 Å². The van der Waals surface area contributed by atoms with Crippen LogP contribution in [-0.4, -0.2) is 9.91 Å². The van der Waals surface area contributed by atoms with Crippen molar-refractivity contribution in [2.24, 2.45) is 0 Å². The number of hydrogen-bond acceptors (Lipinski definition) is 6. The molecular weight excluding hydrogens is 240 g/mol. The molecule has 1 heterocycles. The Hall–Kier alpha value is -2.15. The zero-order valence-corrected chi connectivity index (χ0v) is 9.61. The molecule has 17 heavy (non-hydrogen) atoms. The van der Waals surface area contributed by atoms with E-state index in [1.807, 2.05) is 0 Å². The van der Waals surface area contributed by atoms with Gasteiger partial charge in [0.15, 0.2) is 0 Å². The number of nitrogens with zero attached hydrogens (tertiary/aromatic N) is 2. The molecule has 2 aromatic rings. The number of nitro groups is 1. The Bertz CT molecular complexity index is 527. The predicted molar refractivity (Wildman–Crippen MR) is 66.9 cm³/mol. The van der Waals surface area contributed by atoms with Crippen molar-refractivity contribution < 1.29 is 4.92 Å². The van der Waals surface area contributed by atoms with Crippen LogP contribution in [0.5, 0.6) is 0 Å². The molecule has 0 aliphatic rings. The predicted octanol–water partition coefficient (Wildman–Crippen LogP) is 2.25. The molecule has 0 saturated carbocycles. The lowest BCUT2D eigenvalue weighted by Gasteiger charge is -2.05. The Morgan fingerprint density at radius 2 is 2.35 bits per heavy atom. The minimum atomic E-state index is -0.498. The third-order valence-electron chi connectivity index (χ3n) is 2.17. The van der Waals surface area contributed by atoms with Crippen molar-refractivity contribution in [1.82, 2.24) is 4.98 Å². The van der Waals surface area contributed by atoms with Crippen LogP contribution < -0.4 is 11.1 Å². The van der Waals surface area contributed by atoms with Crippen molar-refractivity contribution in [3.8, 4) is 0 Å². The zero-order chi connectivity index (χ0) is 12.3. The van der Waals surface area contributed by atoms with Gasteiger partial charge in [0.1, 0.15) is 5.69 Å². The summed E-state index contributed by atoms with van der Waals surface area (Å²) in [5, 5.41) is 13.7. The summed E-state index contributed by atoms with van der Waals surface area (Å²) in [6, 6.07) is 4.58. The van der Waals surface area contributed by atoms with Gasteiger partial charge in [-0.15, -0.1) is 11.3 Å². The summed E-state index contributed by atoms with van der Waals surface area (Å²) in [5.41, 5.74) is 8.16. The number of nitrogen functional groups attached to an aromatic ring is 1. The highest BCUT2D eigenvalue weighted by atomic mass is 32.1. The van der Waals surface area contributed by atoms with E-state index in [4.69, 9.17) is 5.73 Å². The van der Waals surface area contributed by atoms with Gasteiger partial charge in [-0.1, -0.05) is 0 Å². The zero-order valence-electron chi connectivity index (χ0n) is 8.79. The van der Waals surface area contributed by atoms with Crippen LogP contribution in [0.2, 0.25) is 0 Å². The molecule has 0 bridgehead atoms. The van der Waals surface area contributed by atoms with E-state index in [-0.39, 0.29) is 11.4 Å². The molecule has 1 aromatic heterocycles. The highest BCUT2D eigenvalue weighted by Crippen LogP contribution is 2.25. The first-order chi connectivity index (χ1) is 8.16. The lowest BCUT2D eigenvalue weighted by atomic mass is 10.2. The van der Waals surface area contributed by atoms with Crippen LogP contribution in [0.3, 0.4) is 0 Å². The fourth-order valence-corrected chi connectivity index (χ4v) is 1.88. The minimum absolute atomic E-state index is 0.0756. The van der Waals surface area contributed by atoms with Gasteiger partial charge in [0.2, 0.25) is 0 Å². The standard InChI is InChI=1S/C10H10N4O2S/c11-9-3-7(1-2-10(9)14(15)16)13-5-8-4-12-6-17-8/h1-4,6,13H,5,11H2. The first kappa shape index (κ1) is 11.3. The van der Waals surface area contributed by atoms with E-state index < -0.39 is 4.92 Å². The number of aromatic nitrogens is 1. The quantitative estimate of drug-likeness (QED) is 0.493. The van der Waals surface area contributed by atoms with Crippen LogP contribution in [0.1, 0.15) is 4.88 Å². The summed E-state index contributed by atoms with van der Waals surface area (Å²) in [6.45, 7) is 0.627. The maximum atomic E-state index is 10.6. The second kappa shape index (κ2) is 4.79. The summed E-state index contributed by atoms with van der Waals surface area (Å²) >= 11 is 1.54. The number of anilines is 2. The van der Waals surface area contributed by atoms with Gasteiger partial charge >= 0.3 is 0 Å². The Labute approximate surface area is 101 Å². The fourth-order valence-electron chi connectivity index (χ4n) is 1.35. The number of benzene rings is 1. The van der Waals surface area contributed by atoms with Crippen molar-refractivity contribution in [3.05, 3.63) is 44.9 Å². The highest BCUT2D eigenvalue weighted by molar-refractivity contribution is 7.09. The van der Waals surface area contributed by atoms with Crippen LogP contribution in [0.4, 0.5) is 17.1 Å². The Balaban J connectivity index is 2.07. The molecule has 1 aromatic carbocycles. The molecule has 6 nitrogen and oxygen atoms in total. The maximum Gasteiger partial charge on any atom is 0.292 e. The van der Waals surface area contributed by atoms with E-state index in [0.717, 1.165) is 10.6 Å². The van der Waals surface area contributed by atoms with E-state index in [1.54, 1.807) is 35.2 Å². The number of nitro benzene ring substituents is 1. The number of thiazole rings is 1. The lowest BCUT2D eigenvalue weighted by molar-refractivity contribution is -0.383. The van der Waals surface area contributed by atoms with Crippen molar-refractivity contribution >= 4 is 28.4 Å². The largest absolute Gasteiger partial charge is 0.393 e. The van der Waals surface area contributed by atoms with Gasteiger partial charge in [0.05, 0.1) is 17.0 Å². The van der Waals surface area contributed by atoms with Crippen molar-refractivity contribution in [3.63, 3.8) is 0 Å². The Morgan fingerprint density at radius 3 is 2.94 bits per heavy atom. The molecule has 7 heteroatoms. The maximum absolute atomic E-state index is 10.6. The van der Waals surface area contributed by atoms with Gasteiger partial charge in [-0.3, -0.25) is 15.1 Å². The molecule has 0 unspecified atom stereocenters. The smallest absolute Gasteiger partial charge is 0.292 e. The molecule has 0 saturated heterocycles. The van der Waals surface area contributed by atoms with Crippen LogP contribution in [-0.2, 0) is 6.54 Å². The fraction of sp³-hybridized carbons (Fsp3) is 0.100.